The molecule has 0 fully saturated rings. The minimum atomic E-state index is -4.84. The Morgan fingerprint density at radius 3 is 2.59 bits per heavy atom. The first-order chi connectivity index (χ1) is 12.7. The van der Waals surface area contributed by atoms with Crippen LogP contribution in [-0.2, 0) is 15.2 Å². The first kappa shape index (κ1) is 19.5. The van der Waals surface area contributed by atoms with E-state index in [1.807, 2.05) is 0 Å². The second-order valence-corrected chi connectivity index (χ2v) is 6.36. The fourth-order valence-electron chi connectivity index (χ4n) is 2.48. The predicted molar refractivity (Wildman–Crippen MR) is 90.9 cm³/mol. The van der Waals surface area contributed by atoms with Crippen molar-refractivity contribution in [3.63, 3.8) is 0 Å². The number of nitrogens with zero attached hydrogens (tertiary/aromatic N) is 2. The Hall–Kier alpha value is -2.23. The van der Waals surface area contributed by atoms with Crippen LogP contribution in [0, 0.1) is 0 Å². The van der Waals surface area contributed by atoms with Crippen LogP contribution in [0.1, 0.15) is 23.0 Å². The summed E-state index contributed by atoms with van der Waals surface area (Å²) in [6, 6.07) is 4.83. The molecule has 1 N–H and O–H groups in total. The Bertz CT molecular complexity index is 894. The Labute approximate surface area is 161 Å². The number of alkyl halides is 3. The number of hydroxylamine groups is 1. The summed E-state index contributed by atoms with van der Waals surface area (Å²) in [6.45, 7) is 1.76. The summed E-state index contributed by atoms with van der Waals surface area (Å²) >= 11 is 11.7. The predicted octanol–water partition coefficient (Wildman–Crippen LogP) is 4.16. The zero-order valence-electron chi connectivity index (χ0n) is 13.7. The van der Waals surface area contributed by atoms with Crippen molar-refractivity contribution in [2.75, 3.05) is 6.61 Å². The third-order valence-electron chi connectivity index (χ3n) is 3.69. The highest BCUT2D eigenvalue weighted by Gasteiger charge is 2.60. The van der Waals surface area contributed by atoms with E-state index in [0.29, 0.717) is 0 Å². The van der Waals surface area contributed by atoms with Gasteiger partial charge in [0.15, 0.2) is 11.5 Å². The monoisotopic (exact) mass is 421 g/mol. The minimum Gasteiger partial charge on any atom is -0.461 e. The standard InChI is InChI=1S/C16H12Cl2F3N3O3/c1-2-26-14(25)12-3-4-24(22-12)13-8-15(27-23-13,16(19,20)21)9-5-10(17)7-11(18)6-9/h3-8,23H,2H2,1H3. The number of aromatic nitrogens is 2. The first-order valence-electron chi connectivity index (χ1n) is 7.59. The molecule has 3 rings (SSSR count). The third kappa shape index (κ3) is 3.62. The van der Waals surface area contributed by atoms with E-state index in [-0.39, 0.29) is 33.7 Å². The molecule has 1 atom stereocenters. The zero-order chi connectivity index (χ0) is 19.8. The van der Waals surface area contributed by atoms with Gasteiger partial charge in [0, 0.05) is 27.9 Å². The van der Waals surface area contributed by atoms with Crippen LogP contribution in [-0.4, -0.2) is 28.5 Å². The summed E-state index contributed by atoms with van der Waals surface area (Å²) in [4.78, 5) is 16.6. The van der Waals surface area contributed by atoms with Gasteiger partial charge in [0.2, 0.25) is 5.60 Å². The number of hydrogen-bond donors (Lipinski definition) is 1. The van der Waals surface area contributed by atoms with Gasteiger partial charge < -0.3 is 4.74 Å². The molecule has 0 spiro atoms. The molecule has 2 heterocycles. The van der Waals surface area contributed by atoms with Crippen LogP contribution in [0.5, 0.6) is 0 Å². The molecule has 144 valence electrons. The summed E-state index contributed by atoms with van der Waals surface area (Å²) in [6.07, 6.45) is -2.75. The lowest BCUT2D eigenvalue weighted by Crippen LogP contribution is -2.42. The highest BCUT2D eigenvalue weighted by molar-refractivity contribution is 6.34. The number of halogens is 5. The van der Waals surface area contributed by atoms with Gasteiger partial charge >= 0.3 is 12.1 Å². The molecule has 27 heavy (non-hydrogen) atoms. The number of carbonyl (C=O) groups excluding carboxylic acids is 1. The van der Waals surface area contributed by atoms with Crippen LogP contribution in [0.25, 0.3) is 5.82 Å². The fourth-order valence-corrected chi connectivity index (χ4v) is 3.01. The summed E-state index contributed by atoms with van der Waals surface area (Å²) in [5, 5.41) is 3.95. The molecule has 1 unspecified atom stereocenters. The Kier molecular flexibility index (Phi) is 5.11. The SMILES string of the molecule is CCOC(=O)c1ccn(C2=CC(c3cc(Cl)cc(Cl)c3)(C(F)(F)F)ON2)n1. The van der Waals surface area contributed by atoms with Crippen molar-refractivity contribution in [3.8, 4) is 0 Å². The van der Waals surface area contributed by atoms with E-state index in [9.17, 15) is 18.0 Å². The van der Waals surface area contributed by atoms with Crippen molar-refractivity contribution in [2.24, 2.45) is 0 Å². The maximum Gasteiger partial charge on any atom is 0.428 e. The van der Waals surface area contributed by atoms with E-state index in [1.165, 1.54) is 18.3 Å². The van der Waals surface area contributed by atoms with Gasteiger partial charge in [-0.25, -0.2) is 19.8 Å². The quantitative estimate of drug-likeness (QED) is 0.750. The molecule has 6 nitrogen and oxygen atoms in total. The molecule has 0 saturated heterocycles. The van der Waals surface area contributed by atoms with Crippen molar-refractivity contribution in [1.29, 1.82) is 0 Å². The number of rotatable bonds is 4. The first-order valence-corrected chi connectivity index (χ1v) is 8.35. The Morgan fingerprint density at radius 1 is 1.33 bits per heavy atom. The fraction of sp³-hybridized carbons (Fsp3) is 0.250. The molecular weight excluding hydrogens is 410 g/mol. The normalized spacial score (nSPS) is 19.6. The molecule has 1 aromatic carbocycles. The molecule has 0 radical (unpaired) electrons. The average molecular weight is 422 g/mol. The van der Waals surface area contributed by atoms with Gasteiger partial charge in [-0.05, 0) is 31.2 Å². The van der Waals surface area contributed by atoms with Crippen LogP contribution < -0.4 is 5.48 Å². The molecule has 11 heteroatoms. The van der Waals surface area contributed by atoms with Gasteiger partial charge in [0.1, 0.15) is 0 Å². The van der Waals surface area contributed by atoms with Crippen molar-refractivity contribution in [1.82, 2.24) is 15.3 Å². The van der Waals surface area contributed by atoms with E-state index in [4.69, 9.17) is 32.8 Å². The molecular formula is C16H12Cl2F3N3O3. The highest BCUT2D eigenvalue weighted by atomic mass is 35.5. The van der Waals surface area contributed by atoms with Crippen molar-refractivity contribution in [2.45, 2.75) is 18.7 Å². The van der Waals surface area contributed by atoms with E-state index in [1.54, 1.807) is 6.92 Å². The second-order valence-electron chi connectivity index (χ2n) is 5.49. The highest BCUT2D eigenvalue weighted by Crippen LogP contribution is 2.47. The summed E-state index contributed by atoms with van der Waals surface area (Å²) in [5.41, 5.74) is -1.02. The van der Waals surface area contributed by atoms with Gasteiger partial charge in [0.05, 0.1) is 6.61 Å². The molecule has 0 saturated carbocycles. The van der Waals surface area contributed by atoms with Crippen LogP contribution in [0.2, 0.25) is 10.0 Å². The second kappa shape index (κ2) is 7.06. The van der Waals surface area contributed by atoms with Gasteiger partial charge in [-0.2, -0.15) is 18.3 Å². The topological polar surface area (TPSA) is 65.4 Å². The molecule has 0 aliphatic carbocycles. The van der Waals surface area contributed by atoms with Crippen molar-refractivity contribution < 1.29 is 27.5 Å². The number of esters is 1. The van der Waals surface area contributed by atoms with Gasteiger partial charge in [-0.1, -0.05) is 23.2 Å². The lowest BCUT2D eigenvalue weighted by atomic mass is 9.93. The van der Waals surface area contributed by atoms with Crippen LogP contribution in [0.3, 0.4) is 0 Å². The number of benzene rings is 1. The third-order valence-corrected chi connectivity index (χ3v) is 4.13. The number of hydrogen-bond acceptors (Lipinski definition) is 5. The van der Waals surface area contributed by atoms with Crippen LogP contribution >= 0.6 is 23.2 Å². The summed E-state index contributed by atoms with van der Waals surface area (Å²) < 4.78 is 47.5. The molecule has 0 bridgehead atoms. The summed E-state index contributed by atoms with van der Waals surface area (Å²) in [7, 11) is 0. The number of ether oxygens (including phenoxy) is 1. The smallest absolute Gasteiger partial charge is 0.428 e. The van der Waals surface area contributed by atoms with Crippen LogP contribution in [0.15, 0.2) is 36.5 Å². The minimum absolute atomic E-state index is 0.0234. The van der Waals surface area contributed by atoms with Gasteiger partial charge in [-0.15, -0.1) is 0 Å². The lowest BCUT2D eigenvalue weighted by molar-refractivity contribution is -0.269. The van der Waals surface area contributed by atoms with Crippen molar-refractivity contribution in [3.05, 3.63) is 57.8 Å². The average Bonchev–Trinajstić information content (AvgIpc) is 3.21. The molecule has 1 aliphatic rings. The van der Waals surface area contributed by atoms with E-state index in [2.05, 4.69) is 10.6 Å². The maximum atomic E-state index is 13.9. The van der Waals surface area contributed by atoms with Crippen LogP contribution in [0.4, 0.5) is 13.2 Å². The zero-order valence-corrected chi connectivity index (χ0v) is 15.2. The largest absolute Gasteiger partial charge is 0.461 e. The van der Waals surface area contributed by atoms with Gasteiger partial charge in [-0.3, -0.25) is 0 Å². The van der Waals surface area contributed by atoms with E-state index in [0.717, 1.165) is 22.9 Å². The van der Waals surface area contributed by atoms with Crippen molar-refractivity contribution >= 4 is 35.0 Å². The summed E-state index contributed by atoms with van der Waals surface area (Å²) in [5.74, 6) is -0.835. The molecule has 0 amide bonds. The van der Waals surface area contributed by atoms with Gasteiger partial charge in [0.25, 0.3) is 0 Å². The molecule has 1 aliphatic heterocycles. The number of carbonyl (C=O) groups is 1. The lowest BCUT2D eigenvalue weighted by Gasteiger charge is -2.28. The Morgan fingerprint density at radius 2 is 2.00 bits per heavy atom. The van der Waals surface area contributed by atoms with E-state index < -0.39 is 17.7 Å². The van der Waals surface area contributed by atoms with E-state index >= 15 is 0 Å². The molecule has 2 aromatic rings. The number of nitrogens with one attached hydrogen (secondary N) is 1. The Balaban J connectivity index is 2.04. The maximum absolute atomic E-state index is 13.9. The molecule has 1 aromatic heterocycles.